The average molecular weight is 409 g/mol. The summed E-state index contributed by atoms with van der Waals surface area (Å²) in [5.74, 6) is 1.95. The van der Waals surface area contributed by atoms with Crippen LogP contribution in [0.4, 0.5) is 0 Å². The second-order valence-corrected chi connectivity index (χ2v) is 9.15. The highest BCUT2D eigenvalue weighted by molar-refractivity contribution is 5.50. The number of ether oxygens (including phenoxy) is 4. The number of fused-ring (bicyclic) bond motifs is 2. The minimum Gasteiger partial charge on any atom is -0.490 e. The first-order valence-corrected chi connectivity index (χ1v) is 11.3. The maximum absolute atomic E-state index is 6.52. The minimum atomic E-state index is -0.231. The van der Waals surface area contributed by atoms with Gasteiger partial charge in [-0.2, -0.15) is 0 Å². The molecule has 4 unspecified atom stereocenters. The Morgan fingerprint density at radius 1 is 1.00 bits per heavy atom. The quantitative estimate of drug-likeness (QED) is 0.637. The number of epoxide rings is 2. The molecule has 160 valence electrons. The van der Waals surface area contributed by atoms with E-state index in [2.05, 4.69) is 64.1 Å². The van der Waals surface area contributed by atoms with Gasteiger partial charge in [0, 0.05) is 11.0 Å². The third-order valence-electron chi connectivity index (χ3n) is 7.33. The van der Waals surface area contributed by atoms with Crippen LogP contribution in [0.25, 0.3) is 0 Å². The number of hydrogen-bond acceptors (Lipinski definition) is 4. The maximum Gasteiger partial charge on any atom is 0.123 e. The summed E-state index contributed by atoms with van der Waals surface area (Å²) >= 11 is 0. The summed E-state index contributed by atoms with van der Waals surface area (Å²) in [7, 11) is 0. The molecule has 4 nitrogen and oxygen atoms in total. The van der Waals surface area contributed by atoms with Gasteiger partial charge in [-0.25, -0.2) is 0 Å². The van der Waals surface area contributed by atoms with E-state index in [1.165, 1.54) is 22.3 Å². The predicted octanol–water partition coefficient (Wildman–Crippen LogP) is 4.91. The first-order valence-electron chi connectivity index (χ1n) is 11.3. The molecule has 0 amide bonds. The highest BCUT2D eigenvalue weighted by Crippen LogP contribution is 2.60. The van der Waals surface area contributed by atoms with Gasteiger partial charge in [0.25, 0.3) is 0 Å². The Hall–Kier alpha value is -2.04. The molecule has 2 aromatic carbocycles. The summed E-state index contributed by atoms with van der Waals surface area (Å²) in [6.07, 6.45) is 3.15. The molecular weight excluding hydrogens is 376 g/mol. The third kappa shape index (κ3) is 3.12. The van der Waals surface area contributed by atoms with Crippen molar-refractivity contribution in [2.45, 2.75) is 70.2 Å². The van der Waals surface area contributed by atoms with Crippen LogP contribution in [0.1, 0.15) is 48.9 Å². The monoisotopic (exact) mass is 408 g/mol. The molecule has 0 radical (unpaired) electrons. The molecule has 0 aliphatic carbocycles. The molecule has 0 aromatic heterocycles. The molecule has 4 heteroatoms. The van der Waals surface area contributed by atoms with Crippen molar-refractivity contribution >= 4 is 0 Å². The van der Waals surface area contributed by atoms with Crippen LogP contribution in [-0.2, 0) is 21.3 Å². The molecule has 3 aliphatic heterocycles. The lowest BCUT2D eigenvalue weighted by Crippen LogP contribution is -2.47. The maximum atomic E-state index is 6.52. The standard InChI is InChI=1S/C26H32O4/c1-5-25(21-12-18(4)8-10-23(21)28-15-20-14-27-20)13-19-11-17(3)7-9-22(19)29-16-24-26(25,6-2)30-24/h7-12,20,24H,5-6,13-16H2,1-4H3. The zero-order valence-electron chi connectivity index (χ0n) is 18.5. The van der Waals surface area contributed by atoms with Gasteiger partial charge >= 0.3 is 0 Å². The molecule has 2 fully saturated rings. The molecule has 0 saturated carbocycles. The second-order valence-electron chi connectivity index (χ2n) is 9.15. The topological polar surface area (TPSA) is 43.5 Å². The first kappa shape index (κ1) is 19.9. The van der Waals surface area contributed by atoms with Gasteiger partial charge in [0.15, 0.2) is 0 Å². The number of rotatable bonds is 6. The van der Waals surface area contributed by atoms with E-state index in [4.69, 9.17) is 18.9 Å². The lowest BCUT2D eigenvalue weighted by Gasteiger charge is -2.42. The van der Waals surface area contributed by atoms with Crippen LogP contribution in [0.2, 0.25) is 0 Å². The normalized spacial score (nSPS) is 31.6. The predicted molar refractivity (Wildman–Crippen MR) is 117 cm³/mol. The van der Waals surface area contributed by atoms with Crippen molar-refractivity contribution in [2.24, 2.45) is 0 Å². The van der Waals surface area contributed by atoms with Crippen LogP contribution in [0.15, 0.2) is 36.4 Å². The van der Waals surface area contributed by atoms with Gasteiger partial charge in [0.05, 0.1) is 6.61 Å². The molecule has 3 aliphatic rings. The van der Waals surface area contributed by atoms with Gasteiger partial charge in [0.1, 0.15) is 42.5 Å². The van der Waals surface area contributed by atoms with Crippen molar-refractivity contribution in [1.29, 1.82) is 0 Å². The van der Waals surface area contributed by atoms with Crippen molar-refractivity contribution in [1.82, 2.24) is 0 Å². The van der Waals surface area contributed by atoms with Gasteiger partial charge in [-0.1, -0.05) is 49.2 Å². The van der Waals surface area contributed by atoms with Crippen molar-refractivity contribution in [3.8, 4) is 11.5 Å². The summed E-state index contributed by atoms with van der Waals surface area (Å²) in [4.78, 5) is 0. The molecule has 4 atom stereocenters. The minimum absolute atomic E-state index is 0.108. The van der Waals surface area contributed by atoms with Crippen molar-refractivity contribution in [2.75, 3.05) is 19.8 Å². The van der Waals surface area contributed by atoms with Crippen molar-refractivity contribution in [3.63, 3.8) is 0 Å². The van der Waals surface area contributed by atoms with Gasteiger partial charge in [0.2, 0.25) is 0 Å². The number of hydrogen-bond donors (Lipinski definition) is 0. The Labute approximate surface area is 179 Å². The summed E-state index contributed by atoms with van der Waals surface area (Å²) in [6.45, 7) is 10.9. The highest BCUT2D eigenvalue weighted by atomic mass is 16.6. The van der Waals surface area contributed by atoms with Crippen molar-refractivity contribution < 1.29 is 18.9 Å². The summed E-state index contributed by atoms with van der Waals surface area (Å²) in [6, 6.07) is 13.1. The Kier molecular flexibility index (Phi) is 4.83. The van der Waals surface area contributed by atoms with Gasteiger partial charge in [-0.05, 0) is 50.8 Å². The molecule has 0 spiro atoms. The van der Waals surface area contributed by atoms with Gasteiger partial charge in [-0.15, -0.1) is 0 Å². The number of aryl methyl sites for hydroxylation is 2. The van der Waals surface area contributed by atoms with E-state index in [1.807, 2.05) is 0 Å². The van der Waals surface area contributed by atoms with Gasteiger partial charge < -0.3 is 18.9 Å². The first-order chi connectivity index (χ1) is 14.5. The molecular formula is C26H32O4. The van der Waals surface area contributed by atoms with E-state index < -0.39 is 0 Å². The van der Waals surface area contributed by atoms with Crippen LogP contribution >= 0.6 is 0 Å². The zero-order valence-corrected chi connectivity index (χ0v) is 18.5. The van der Waals surface area contributed by atoms with E-state index in [-0.39, 0.29) is 23.2 Å². The highest BCUT2D eigenvalue weighted by Gasteiger charge is 2.68. The molecule has 0 bridgehead atoms. The molecule has 5 rings (SSSR count). The SMILES string of the molecule is CCC1(c2cc(C)ccc2OCC2CO2)Cc2cc(C)ccc2OCC2OC21CC. The molecule has 0 N–H and O–H groups in total. The summed E-state index contributed by atoms with van der Waals surface area (Å²) in [5, 5.41) is 0. The smallest absolute Gasteiger partial charge is 0.123 e. The fourth-order valence-corrected chi connectivity index (χ4v) is 5.51. The lowest BCUT2D eigenvalue weighted by molar-refractivity contribution is 0.156. The van der Waals surface area contributed by atoms with E-state index >= 15 is 0 Å². The Morgan fingerprint density at radius 3 is 2.50 bits per heavy atom. The second kappa shape index (κ2) is 7.28. The van der Waals surface area contributed by atoms with Crippen LogP contribution in [0.3, 0.4) is 0 Å². The Balaban J connectivity index is 1.66. The van der Waals surface area contributed by atoms with E-state index in [1.54, 1.807) is 0 Å². The Bertz CT molecular complexity index is 950. The van der Waals surface area contributed by atoms with Crippen molar-refractivity contribution in [3.05, 3.63) is 58.7 Å². The fourth-order valence-electron chi connectivity index (χ4n) is 5.51. The molecule has 2 saturated heterocycles. The van der Waals surface area contributed by atoms with Crippen LogP contribution < -0.4 is 9.47 Å². The van der Waals surface area contributed by atoms with E-state index in [0.717, 1.165) is 37.4 Å². The van der Waals surface area contributed by atoms with Crippen LogP contribution in [-0.4, -0.2) is 37.6 Å². The Morgan fingerprint density at radius 2 is 1.77 bits per heavy atom. The average Bonchev–Trinajstić information content (AvgIpc) is 3.65. The van der Waals surface area contributed by atoms with Crippen LogP contribution in [0, 0.1) is 13.8 Å². The summed E-state index contributed by atoms with van der Waals surface area (Å²) < 4.78 is 24.4. The van der Waals surface area contributed by atoms with Gasteiger partial charge in [-0.3, -0.25) is 0 Å². The van der Waals surface area contributed by atoms with Crippen LogP contribution in [0.5, 0.6) is 11.5 Å². The molecule has 30 heavy (non-hydrogen) atoms. The zero-order chi connectivity index (χ0) is 20.9. The molecule has 3 heterocycles. The summed E-state index contributed by atoms with van der Waals surface area (Å²) in [5.41, 5.74) is 4.63. The van der Waals surface area contributed by atoms with E-state index in [9.17, 15) is 0 Å². The fraction of sp³-hybridized carbons (Fsp3) is 0.538. The largest absolute Gasteiger partial charge is 0.490 e. The lowest BCUT2D eigenvalue weighted by atomic mass is 9.61. The number of benzene rings is 2. The third-order valence-corrected chi connectivity index (χ3v) is 7.33. The molecule has 2 aromatic rings. The van der Waals surface area contributed by atoms with E-state index in [0.29, 0.717) is 13.2 Å².